The molecule has 0 radical (unpaired) electrons. The van der Waals surface area contributed by atoms with E-state index in [1.165, 1.54) is 0 Å². The Labute approximate surface area is 168 Å². The van der Waals surface area contributed by atoms with Gasteiger partial charge in [0.2, 0.25) is 11.8 Å². The van der Waals surface area contributed by atoms with Crippen molar-refractivity contribution in [2.24, 2.45) is 11.8 Å². The first-order valence-corrected chi connectivity index (χ1v) is 10.3. The van der Waals surface area contributed by atoms with Crippen molar-refractivity contribution < 1.29 is 14.4 Å². The van der Waals surface area contributed by atoms with Crippen LogP contribution in [0.1, 0.15) is 56.0 Å². The summed E-state index contributed by atoms with van der Waals surface area (Å²) in [4.78, 5) is 39.6. The standard InChI is InChI=1S/C22H33N3O3/c1-5-11-23-20(26)17-9-12-25(13-10-17)22(28)19(15(2)3)24-21(27)18-8-6-7-16(4)14-18/h6-8,14-15,17,19H,5,9-13H2,1-4H3,(H,23,26)(H,24,27). The maximum atomic E-state index is 13.0. The van der Waals surface area contributed by atoms with Crippen LogP contribution < -0.4 is 10.6 Å². The van der Waals surface area contributed by atoms with Crippen LogP contribution in [0.2, 0.25) is 0 Å². The van der Waals surface area contributed by atoms with Gasteiger partial charge in [0, 0.05) is 31.1 Å². The Morgan fingerprint density at radius 2 is 1.86 bits per heavy atom. The SMILES string of the molecule is CCCNC(=O)C1CCN(C(=O)C(NC(=O)c2cccc(C)c2)C(C)C)CC1. The van der Waals surface area contributed by atoms with Crippen molar-refractivity contribution in [2.45, 2.75) is 53.0 Å². The number of carbonyl (C=O) groups excluding carboxylic acids is 3. The van der Waals surface area contributed by atoms with Gasteiger partial charge in [0.15, 0.2) is 0 Å². The summed E-state index contributed by atoms with van der Waals surface area (Å²) in [7, 11) is 0. The van der Waals surface area contributed by atoms with Crippen molar-refractivity contribution in [2.75, 3.05) is 19.6 Å². The molecule has 0 aliphatic carbocycles. The largest absolute Gasteiger partial charge is 0.356 e. The first kappa shape index (κ1) is 21.9. The average molecular weight is 388 g/mol. The second-order valence-electron chi connectivity index (χ2n) is 7.96. The fourth-order valence-corrected chi connectivity index (χ4v) is 3.48. The van der Waals surface area contributed by atoms with Crippen LogP contribution in [0.3, 0.4) is 0 Å². The Hall–Kier alpha value is -2.37. The number of piperidine rings is 1. The van der Waals surface area contributed by atoms with Gasteiger partial charge in [-0.15, -0.1) is 0 Å². The third-order valence-corrected chi connectivity index (χ3v) is 5.23. The predicted octanol–water partition coefficient (Wildman–Crippen LogP) is 2.51. The summed E-state index contributed by atoms with van der Waals surface area (Å²) in [6, 6.07) is 6.77. The molecule has 1 aromatic rings. The van der Waals surface area contributed by atoms with Crippen molar-refractivity contribution in [1.29, 1.82) is 0 Å². The zero-order valence-electron chi connectivity index (χ0n) is 17.5. The van der Waals surface area contributed by atoms with Gasteiger partial charge < -0.3 is 15.5 Å². The quantitative estimate of drug-likeness (QED) is 0.755. The number of likely N-dealkylation sites (tertiary alicyclic amines) is 1. The topological polar surface area (TPSA) is 78.5 Å². The normalized spacial score (nSPS) is 16.0. The van der Waals surface area contributed by atoms with Crippen LogP contribution in [0, 0.1) is 18.8 Å². The number of nitrogens with zero attached hydrogens (tertiary/aromatic N) is 1. The van der Waals surface area contributed by atoms with E-state index in [9.17, 15) is 14.4 Å². The minimum absolute atomic E-state index is 0.0214. The Bertz CT molecular complexity index is 694. The highest BCUT2D eigenvalue weighted by molar-refractivity contribution is 5.97. The van der Waals surface area contributed by atoms with Crippen LogP contribution in [-0.2, 0) is 9.59 Å². The first-order chi connectivity index (χ1) is 13.3. The molecule has 2 rings (SSSR count). The summed E-state index contributed by atoms with van der Waals surface area (Å²) in [5.41, 5.74) is 1.56. The molecule has 1 atom stereocenters. The van der Waals surface area contributed by atoms with E-state index in [2.05, 4.69) is 10.6 Å². The van der Waals surface area contributed by atoms with Crippen molar-refractivity contribution in [3.05, 3.63) is 35.4 Å². The molecule has 1 saturated heterocycles. The van der Waals surface area contributed by atoms with Gasteiger partial charge in [-0.3, -0.25) is 14.4 Å². The zero-order chi connectivity index (χ0) is 20.7. The van der Waals surface area contributed by atoms with Crippen LogP contribution in [0.15, 0.2) is 24.3 Å². The minimum Gasteiger partial charge on any atom is -0.356 e. The Morgan fingerprint density at radius 3 is 2.43 bits per heavy atom. The molecule has 0 spiro atoms. The van der Waals surface area contributed by atoms with E-state index >= 15 is 0 Å². The van der Waals surface area contributed by atoms with Gasteiger partial charge in [-0.05, 0) is 44.2 Å². The lowest BCUT2D eigenvalue weighted by Gasteiger charge is -2.35. The third kappa shape index (κ3) is 5.81. The maximum absolute atomic E-state index is 13.0. The van der Waals surface area contributed by atoms with Crippen molar-refractivity contribution in [1.82, 2.24) is 15.5 Å². The molecule has 1 fully saturated rings. The first-order valence-electron chi connectivity index (χ1n) is 10.3. The van der Waals surface area contributed by atoms with E-state index in [-0.39, 0.29) is 29.6 Å². The zero-order valence-corrected chi connectivity index (χ0v) is 17.5. The Kier molecular flexibility index (Phi) is 8.03. The molecule has 6 heteroatoms. The lowest BCUT2D eigenvalue weighted by Crippen LogP contribution is -2.53. The van der Waals surface area contributed by atoms with E-state index < -0.39 is 6.04 Å². The highest BCUT2D eigenvalue weighted by atomic mass is 16.2. The Balaban J connectivity index is 1.96. The van der Waals surface area contributed by atoms with Gasteiger partial charge in [0.1, 0.15) is 6.04 Å². The minimum atomic E-state index is -0.571. The monoisotopic (exact) mass is 387 g/mol. The second kappa shape index (κ2) is 10.2. The summed E-state index contributed by atoms with van der Waals surface area (Å²) in [6.07, 6.45) is 2.25. The van der Waals surface area contributed by atoms with Crippen molar-refractivity contribution in [3.8, 4) is 0 Å². The highest BCUT2D eigenvalue weighted by Gasteiger charge is 2.33. The fraction of sp³-hybridized carbons (Fsp3) is 0.591. The van der Waals surface area contributed by atoms with Crippen LogP contribution in [0.4, 0.5) is 0 Å². The summed E-state index contributed by atoms with van der Waals surface area (Å²) in [5, 5.41) is 5.85. The van der Waals surface area contributed by atoms with E-state index in [0.717, 1.165) is 12.0 Å². The number of hydrogen-bond acceptors (Lipinski definition) is 3. The Morgan fingerprint density at radius 1 is 1.18 bits per heavy atom. The number of carbonyl (C=O) groups is 3. The molecule has 1 aromatic carbocycles. The number of aryl methyl sites for hydroxylation is 1. The van der Waals surface area contributed by atoms with Crippen LogP contribution in [0.25, 0.3) is 0 Å². The molecule has 1 aliphatic heterocycles. The molecule has 0 bridgehead atoms. The number of benzene rings is 1. The number of rotatable bonds is 7. The number of amides is 3. The second-order valence-corrected chi connectivity index (χ2v) is 7.96. The lowest BCUT2D eigenvalue weighted by atomic mass is 9.94. The number of nitrogens with one attached hydrogen (secondary N) is 2. The smallest absolute Gasteiger partial charge is 0.251 e. The van der Waals surface area contributed by atoms with Crippen LogP contribution in [-0.4, -0.2) is 48.3 Å². The van der Waals surface area contributed by atoms with E-state index in [1.807, 2.05) is 45.9 Å². The summed E-state index contributed by atoms with van der Waals surface area (Å²) in [6.45, 7) is 9.62. The number of hydrogen-bond donors (Lipinski definition) is 2. The van der Waals surface area contributed by atoms with E-state index in [4.69, 9.17) is 0 Å². The molecular formula is C22H33N3O3. The van der Waals surface area contributed by atoms with E-state index in [0.29, 0.717) is 38.0 Å². The molecular weight excluding hydrogens is 354 g/mol. The highest BCUT2D eigenvalue weighted by Crippen LogP contribution is 2.19. The summed E-state index contributed by atoms with van der Waals surface area (Å²) < 4.78 is 0. The summed E-state index contributed by atoms with van der Waals surface area (Å²) in [5.74, 6) is -0.267. The van der Waals surface area contributed by atoms with Gasteiger partial charge in [0.25, 0.3) is 5.91 Å². The molecule has 1 heterocycles. The molecule has 3 amide bonds. The maximum Gasteiger partial charge on any atom is 0.251 e. The van der Waals surface area contributed by atoms with Gasteiger partial charge in [0.05, 0.1) is 0 Å². The molecule has 1 unspecified atom stereocenters. The summed E-state index contributed by atoms with van der Waals surface area (Å²) >= 11 is 0. The van der Waals surface area contributed by atoms with Crippen molar-refractivity contribution in [3.63, 3.8) is 0 Å². The molecule has 1 aliphatic rings. The fourth-order valence-electron chi connectivity index (χ4n) is 3.48. The lowest BCUT2D eigenvalue weighted by molar-refractivity contribution is -0.138. The van der Waals surface area contributed by atoms with Crippen molar-refractivity contribution >= 4 is 17.7 Å². The predicted molar refractivity (Wildman–Crippen MR) is 110 cm³/mol. The van der Waals surface area contributed by atoms with Gasteiger partial charge >= 0.3 is 0 Å². The molecule has 2 N–H and O–H groups in total. The average Bonchev–Trinajstić information content (AvgIpc) is 2.69. The van der Waals surface area contributed by atoms with Gasteiger partial charge in [-0.2, -0.15) is 0 Å². The molecule has 28 heavy (non-hydrogen) atoms. The van der Waals surface area contributed by atoms with Gasteiger partial charge in [-0.25, -0.2) is 0 Å². The van der Waals surface area contributed by atoms with Crippen LogP contribution in [0.5, 0.6) is 0 Å². The third-order valence-electron chi connectivity index (χ3n) is 5.23. The molecule has 154 valence electrons. The molecule has 6 nitrogen and oxygen atoms in total. The van der Waals surface area contributed by atoms with Crippen LogP contribution >= 0.6 is 0 Å². The molecule has 0 saturated carbocycles. The van der Waals surface area contributed by atoms with E-state index in [1.54, 1.807) is 11.0 Å². The van der Waals surface area contributed by atoms with Gasteiger partial charge in [-0.1, -0.05) is 38.5 Å². The molecule has 0 aromatic heterocycles.